The Hall–Kier alpha value is -3.87. The Balaban J connectivity index is 1.42. The van der Waals surface area contributed by atoms with Crippen LogP contribution in [0.3, 0.4) is 0 Å². The summed E-state index contributed by atoms with van der Waals surface area (Å²) in [4.78, 5) is 15.9. The lowest BCUT2D eigenvalue weighted by atomic mass is 10.0. The van der Waals surface area contributed by atoms with Gasteiger partial charge in [0.1, 0.15) is 19.0 Å². The van der Waals surface area contributed by atoms with E-state index in [4.69, 9.17) is 9.47 Å². The SMILES string of the molecule is CCCc1cn(CCOc2c(CC)cccc2CC(=O)O)nc1OCc1ccc2ccccc2n1. The third-order valence-corrected chi connectivity index (χ3v) is 5.80. The molecule has 0 unspecified atom stereocenters. The van der Waals surface area contributed by atoms with Gasteiger partial charge in [0.15, 0.2) is 0 Å². The molecule has 0 radical (unpaired) electrons. The number of fused-ring (bicyclic) bond motifs is 1. The summed E-state index contributed by atoms with van der Waals surface area (Å²) >= 11 is 0. The van der Waals surface area contributed by atoms with Gasteiger partial charge in [0, 0.05) is 22.7 Å². The number of hydrogen-bond donors (Lipinski definition) is 1. The largest absolute Gasteiger partial charge is 0.491 e. The molecule has 2 aromatic heterocycles. The third-order valence-electron chi connectivity index (χ3n) is 5.80. The third kappa shape index (κ3) is 6.18. The van der Waals surface area contributed by atoms with E-state index in [9.17, 15) is 9.90 Å². The second-order valence-electron chi connectivity index (χ2n) is 8.43. The van der Waals surface area contributed by atoms with E-state index in [0.717, 1.165) is 47.0 Å². The molecule has 0 aliphatic heterocycles. The lowest BCUT2D eigenvalue weighted by Gasteiger charge is -2.14. The number of ether oxygens (including phenoxy) is 2. The summed E-state index contributed by atoms with van der Waals surface area (Å²) in [5.74, 6) is 0.404. The smallest absolute Gasteiger partial charge is 0.307 e. The van der Waals surface area contributed by atoms with Crippen LogP contribution in [0.4, 0.5) is 0 Å². The van der Waals surface area contributed by atoms with E-state index in [0.29, 0.717) is 37.0 Å². The van der Waals surface area contributed by atoms with Gasteiger partial charge in [-0.05, 0) is 30.5 Å². The maximum atomic E-state index is 11.3. The van der Waals surface area contributed by atoms with E-state index in [1.807, 2.05) is 66.3 Å². The standard InChI is InChI=1S/C28H31N3O4/c1-3-8-23-18-31(15-16-34-27-20(4-2)10-7-11-22(27)17-26(32)33)30-28(23)35-19-24-14-13-21-9-5-6-12-25(21)29-24/h5-7,9-14,18H,3-4,8,15-17,19H2,1-2H3,(H,32,33). The van der Waals surface area contributed by atoms with Gasteiger partial charge in [-0.15, -0.1) is 5.10 Å². The highest BCUT2D eigenvalue weighted by Crippen LogP contribution is 2.26. The number of nitrogens with zero attached hydrogens (tertiary/aromatic N) is 3. The number of aryl methyl sites for hydroxylation is 2. The van der Waals surface area contributed by atoms with Crippen molar-refractivity contribution < 1.29 is 19.4 Å². The predicted octanol–water partition coefficient (Wildman–Crippen LogP) is 5.23. The van der Waals surface area contributed by atoms with Crippen LogP contribution in [0.25, 0.3) is 10.9 Å². The molecule has 0 atom stereocenters. The minimum Gasteiger partial charge on any atom is -0.491 e. The number of aromatic nitrogens is 3. The minimum atomic E-state index is -0.873. The number of carbonyl (C=O) groups is 1. The molecule has 0 amide bonds. The van der Waals surface area contributed by atoms with E-state index in [1.165, 1.54) is 0 Å². The van der Waals surface area contributed by atoms with Crippen molar-refractivity contribution in [2.24, 2.45) is 0 Å². The Kier molecular flexibility index (Phi) is 7.98. The molecule has 0 saturated carbocycles. The molecule has 35 heavy (non-hydrogen) atoms. The van der Waals surface area contributed by atoms with Crippen molar-refractivity contribution in [2.75, 3.05) is 6.61 Å². The molecule has 2 heterocycles. The summed E-state index contributed by atoms with van der Waals surface area (Å²) in [6.45, 7) is 5.41. The van der Waals surface area contributed by atoms with Gasteiger partial charge in [-0.1, -0.05) is 62.7 Å². The number of carboxylic acids is 1. The fourth-order valence-corrected chi connectivity index (χ4v) is 4.10. The fourth-order valence-electron chi connectivity index (χ4n) is 4.10. The maximum Gasteiger partial charge on any atom is 0.307 e. The number of benzene rings is 2. The van der Waals surface area contributed by atoms with Crippen LogP contribution in [0, 0.1) is 0 Å². The fraction of sp³-hybridized carbons (Fsp3) is 0.321. The van der Waals surface area contributed by atoms with E-state index in [-0.39, 0.29) is 6.42 Å². The average Bonchev–Trinajstić information content (AvgIpc) is 3.24. The topological polar surface area (TPSA) is 86.5 Å². The molecule has 7 nitrogen and oxygen atoms in total. The molecule has 0 aliphatic carbocycles. The zero-order chi connectivity index (χ0) is 24.6. The number of hydrogen-bond acceptors (Lipinski definition) is 5. The Labute approximate surface area is 205 Å². The highest BCUT2D eigenvalue weighted by Gasteiger charge is 2.14. The molecule has 0 aliphatic rings. The zero-order valence-electron chi connectivity index (χ0n) is 20.2. The zero-order valence-corrected chi connectivity index (χ0v) is 20.2. The van der Waals surface area contributed by atoms with Crippen molar-refractivity contribution in [1.29, 1.82) is 0 Å². The van der Waals surface area contributed by atoms with Crippen LogP contribution in [0.1, 0.15) is 42.7 Å². The molecule has 182 valence electrons. The van der Waals surface area contributed by atoms with Crippen molar-refractivity contribution in [2.45, 2.75) is 52.7 Å². The van der Waals surface area contributed by atoms with Crippen molar-refractivity contribution in [3.05, 3.63) is 83.2 Å². The molecule has 0 bridgehead atoms. The van der Waals surface area contributed by atoms with Crippen molar-refractivity contribution in [3.63, 3.8) is 0 Å². The number of carboxylic acid groups (broad SMARTS) is 1. The van der Waals surface area contributed by atoms with Crippen LogP contribution in [-0.2, 0) is 37.2 Å². The Morgan fingerprint density at radius 2 is 1.80 bits per heavy atom. The first kappa shape index (κ1) is 24.3. The van der Waals surface area contributed by atoms with Gasteiger partial charge in [0.2, 0.25) is 5.88 Å². The van der Waals surface area contributed by atoms with Crippen molar-refractivity contribution >= 4 is 16.9 Å². The van der Waals surface area contributed by atoms with Gasteiger partial charge in [-0.3, -0.25) is 9.48 Å². The van der Waals surface area contributed by atoms with Gasteiger partial charge in [-0.2, -0.15) is 0 Å². The van der Waals surface area contributed by atoms with E-state index >= 15 is 0 Å². The molecular formula is C28H31N3O4. The Morgan fingerprint density at radius 3 is 2.60 bits per heavy atom. The first-order chi connectivity index (χ1) is 17.1. The predicted molar refractivity (Wildman–Crippen MR) is 135 cm³/mol. The number of aliphatic carboxylic acids is 1. The van der Waals surface area contributed by atoms with Crippen LogP contribution in [-0.4, -0.2) is 32.4 Å². The average molecular weight is 474 g/mol. The van der Waals surface area contributed by atoms with Crippen molar-refractivity contribution in [1.82, 2.24) is 14.8 Å². The van der Waals surface area contributed by atoms with Gasteiger partial charge in [-0.25, -0.2) is 4.98 Å². The Morgan fingerprint density at radius 1 is 0.971 bits per heavy atom. The molecule has 1 N–H and O–H groups in total. The molecule has 4 rings (SSSR count). The monoisotopic (exact) mass is 473 g/mol. The number of para-hydroxylation sites is 2. The highest BCUT2D eigenvalue weighted by molar-refractivity contribution is 5.78. The molecule has 0 saturated heterocycles. The molecule has 7 heteroatoms. The summed E-state index contributed by atoms with van der Waals surface area (Å²) < 4.78 is 14.0. The minimum absolute atomic E-state index is 0.0631. The second-order valence-corrected chi connectivity index (χ2v) is 8.43. The first-order valence-corrected chi connectivity index (χ1v) is 12.1. The summed E-state index contributed by atoms with van der Waals surface area (Å²) in [6.07, 6.45) is 4.55. The van der Waals surface area contributed by atoms with Crippen LogP contribution < -0.4 is 9.47 Å². The molecule has 0 fully saturated rings. The van der Waals surface area contributed by atoms with Crippen LogP contribution in [0.15, 0.2) is 60.8 Å². The summed E-state index contributed by atoms with van der Waals surface area (Å²) in [7, 11) is 0. The Bertz CT molecular complexity index is 1300. The van der Waals surface area contributed by atoms with Gasteiger partial charge in [0.05, 0.1) is 24.2 Å². The summed E-state index contributed by atoms with van der Waals surface area (Å²) in [5, 5.41) is 15.0. The number of pyridine rings is 1. The van der Waals surface area contributed by atoms with Crippen molar-refractivity contribution in [3.8, 4) is 11.6 Å². The quantitative estimate of drug-likeness (QED) is 0.303. The van der Waals surface area contributed by atoms with E-state index in [2.05, 4.69) is 23.1 Å². The summed E-state index contributed by atoms with van der Waals surface area (Å²) in [6, 6.07) is 17.7. The normalized spacial score (nSPS) is 11.0. The molecule has 4 aromatic rings. The number of rotatable bonds is 12. The second kappa shape index (κ2) is 11.5. The maximum absolute atomic E-state index is 11.3. The van der Waals surface area contributed by atoms with Gasteiger partial charge < -0.3 is 14.6 Å². The molecule has 2 aromatic carbocycles. The van der Waals surface area contributed by atoms with Crippen LogP contribution >= 0.6 is 0 Å². The van der Waals surface area contributed by atoms with E-state index < -0.39 is 5.97 Å². The van der Waals surface area contributed by atoms with Gasteiger partial charge >= 0.3 is 5.97 Å². The van der Waals surface area contributed by atoms with Crippen LogP contribution in [0.2, 0.25) is 0 Å². The lowest BCUT2D eigenvalue weighted by molar-refractivity contribution is -0.136. The lowest BCUT2D eigenvalue weighted by Crippen LogP contribution is -2.12. The van der Waals surface area contributed by atoms with Crippen LogP contribution in [0.5, 0.6) is 11.6 Å². The van der Waals surface area contributed by atoms with Gasteiger partial charge in [0.25, 0.3) is 0 Å². The molecule has 0 spiro atoms. The molecular weight excluding hydrogens is 442 g/mol. The highest BCUT2D eigenvalue weighted by atomic mass is 16.5. The van der Waals surface area contributed by atoms with E-state index in [1.54, 1.807) is 0 Å². The summed E-state index contributed by atoms with van der Waals surface area (Å²) in [5.41, 5.74) is 4.54. The first-order valence-electron chi connectivity index (χ1n) is 12.1.